The van der Waals surface area contributed by atoms with Gasteiger partial charge in [-0.2, -0.15) is 0 Å². The normalized spacial score (nSPS) is 16.2. The summed E-state index contributed by atoms with van der Waals surface area (Å²) in [6.07, 6.45) is 3.86. The summed E-state index contributed by atoms with van der Waals surface area (Å²) in [6.45, 7) is 2.04. The van der Waals surface area contributed by atoms with E-state index < -0.39 is 23.0 Å². The summed E-state index contributed by atoms with van der Waals surface area (Å²) in [5, 5.41) is 2.73. The van der Waals surface area contributed by atoms with Gasteiger partial charge in [-0.05, 0) is 48.9 Å². The summed E-state index contributed by atoms with van der Waals surface area (Å²) in [6, 6.07) is 7.42. The number of carbonyl (C=O) groups is 1. The van der Waals surface area contributed by atoms with Gasteiger partial charge in [0, 0.05) is 12.3 Å². The fourth-order valence-corrected chi connectivity index (χ4v) is 3.84. The minimum atomic E-state index is -0.870. The molecule has 0 bridgehead atoms. The maximum atomic E-state index is 13.8. The molecule has 0 fully saturated rings. The number of aryl methyl sites for hydroxylation is 1. The van der Waals surface area contributed by atoms with Crippen molar-refractivity contribution in [3.63, 3.8) is 0 Å². The molecule has 1 aliphatic rings. The highest BCUT2D eigenvalue weighted by Crippen LogP contribution is 2.31. The highest BCUT2D eigenvalue weighted by Gasteiger charge is 2.24. The Morgan fingerprint density at radius 2 is 2.07 bits per heavy atom. The van der Waals surface area contributed by atoms with E-state index >= 15 is 0 Å². The molecular formula is C21H18F2N2O2. The molecule has 4 rings (SSSR count). The first-order valence-corrected chi connectivity index (χ1v) is 8.85. The molecule has 3 aromatic rings. The molecule has 138 valence electrons. The second-order valence-electron chi connectivity index (χ2n) is 6.90. The monoisotopic (exact) mass is 368 g/mol. The Bertz CT molecular complexity index is 1120. The average Bonchev–Trinajstić information content (AvgIpc) is 2.63. The second kappa shape index (κ2) is 6.61. The predicted octanol–water partition coefficient (Wildman–Crippen LogP) is 3.92. The molecule has 1 amide bonds. The number of hydrogen-bond donors (Lipinski definition) is 2. The molecule has 0 spiro atoms. The lowest BCUT2D eigenvalue weighted by Crippen LogP contribution is -2.34. The largest absolute Gasteiger partial charge is 0.358 e. The van der Waals surface area contributed by atoms with Crippen LogP contribution in [0.15, 0.2) is 41.3 Å². The standard InChI is InChI=1S/C21H18F2N2O2/c1-11-4-2-6-14-13(11)5-3-7-18(14)25-21(27)16-10-24-19-15(20(16)26)8-12(22)9-17(19)23/h2,4,6,8-10,18H,3,5,7H2,1H3,(H,24,26)(H,25,27). The van der Waals surface area contributed by atoms with Crippen molar-refractivity contribution >= 4 is 16.8 Å². The molecule has 1 atom stereocenters. The molecule has 1 unspecified atom stereocenters. The second-order valence-corrected chi connectivity index (χ2v) is 6.90. The number of rotatable bonds is 2. The van der Waals surface area contributed by atoms with Gasteiger partial charge in [0.1, 0.15) is 17.2 Å². The highest BCUT2D eigenvalue weighted by atomic mass is 19.1. The maximum absolute atomic E-state index is 13.8. The number of halogens is 2. The van der Waals surface area contributed by atoms with Crippen LogP contribution in [0.5, 0.6) is 0 Å². The lowest BCUT2D eigenvalue weighted by molar-refractivity contribution is 0.0931. The third-order valence-electron chi connectivity index (χ3n) is 5.20. The molecule has 1 heterocycles. The Morgan fingerprint density at radius 3 is 2.89 bits per heavy atom. The molecule has 0 radical (unpaired) electrons. The van der Waals surface area contributed by atoms with E-state index in [4.69, 9.17) is 0 Å². The number of hydrogen-bond acceptors (Lipinski definition) is 2. The van der Waals surface area contributed by atoms with Gasteiger partial charge in [-0.1, -0.05) is 18.2 Å². The number of carbonyl (C=O) groups excluding carboxylic acids is 1. The van der Waals surface area contributed by atoms with Crippen molar-refractivity contribution < 1.29 is 13.6 Å². The minimum absolute atomic E-state index is 0.114. The van der Waals surface area contributed by atoms with E-state index in [1.54, 1.807) is 0 Å². The number of H-pyrrole nitrogens is 1. The first-order chi connectivity index (χ1) is 13.0. The summed E-state index contributed by atoms with van der Waals surface area (Å²) in [7, 11) is 0. The molecule has 6 heteroatoms. The van der Waals surface area contributed by atoms with Crippen molar-refractivity contribution in [1.82, 2.24) is 10.3 Å². The Morgan fingerprint density at radius 1 is 1.26 bits per heavy atom. The lowest BCUT2D eigenvalue weighted by Gasteiger charge is -2.27. The third-order valence-corrected chi connectivity index (χ3v) is 5.20. The fourth-order valence-electron chi connectivity index (χ4n) is 3.84. The van der Waals surface area contributed by atoms with Crippen LogP contribution in [-0.4, -0.2) is 10.9 Å². The smallest absolute Gasteiger partial charge is 0.257 e. The molecule has 2 N–H and O–H groups in total. The lowest BCUT2D eigenvalue weighted by atomic mass is 9.85. The van der Waals surface area contributed by atoms with Crippen LogP contribution in [0, 0.1) is 18.6 Å². The van der Waals surface area contributed by atoms with E-state index in [0.29, 0.717) is 6.07 Å². The van der Waals surface area contributed by atoms with Crippen LogP contribution >= 0.6 is 0 Å². The topological polar surface area (TPSA) is 62.0 Å². The van der Waals surface area contributed by atoms with Crippen LogP contribution in [-0.2, 0) is 6.42 Å². The van der Waals surface area contributed by atoms with Crippen LogP contribution < -0.4 is 10.7 Å². The Labute approximate surface area is 154 Å². The van der Waals surface area contributed by atoms with E-state index in [1.807, 2.05) is 25.1 Å². The van der Waals surface area contributed by atoms with Crippen LogP contribution in [0.3, 0.4) is 0 Å². The van der Waals surface area contributed by atoms with Crippen LogP contribution in [0.25, 0.3) is 10.9 Å². The van der Waals surface area contributed by atoms with Gasteiger partial charge in [0.2, 0.25) is 5.43 Å². The zero-order chi connectivity index (χ0) is 19.1. The SMILES string of the molecule is Cc1cccc2c1CCCC2NC(=O)c1c[nH]c2c(F)cc(F)cc2c1=O. The van der Waals surface area contributed by atoms with Crippen molar-refractivity contribution in [2.24, 2.45) is 0 Å². The fraction of sp³-hybridized carbons (Fsp3) is 0.238. The first-order valence-electron chi connectivity index (χ1n) is 8.85. The van der Waals surface area contributed by atoms with Crippen molar-refractivity contribution in [1.29, 1.82) is 0 Å². The quantitative estimate of drug-likeness (QED) is 0.720. The van der Waals surface area contributed by atoms with Gasteiger partial charge in [-0.15, -0.1) is 0 Å². The Hall–Kier alpha value is -3.02. The minimum Gasteiger partial charge on any atom is -0.358 e. The summed E-state index contributed by atoms with van der Waals surface area (Å²) in [4.78, 5) is 27.9. The van der Waals surface area contributed by atoms with Crippen molar-refractivity contribution in [3.8, 4) is 0 Å². The van der Waals surface area contributed by atoms with Crippen LogP contribution in [0.4, 0.5) is 8.78 Å². The maximum Gasteiger partial charge on any atom is 0.257 e. The van der Waals surface area contributed by atoms with E-state index in [1.165, 1.54) is 17.3 Å². The molecule has 1 aromatic heterocycles. The van der Waals surface area contributed by atoms with Gasteiger partial charge in [-0.3, -0.25) is 9.59 Å². The molecule has 2 aromatic carbocycles. The zero-order valence-electron chi connectivity index (χ0n) is 14.7. The number of aromatic nitrogens is 1. The van der Waals surface area contributed by atoms with Gasteiger partial charge in [-0.25, -0.2) is 8.78 Å². The van der Waals surface area contributed by atoms with E-state index in [9.17, 15) is 18.4 Å². The first kappa shape index (κ1) is 17.4. The number of aromatic amines is 1. The average molecular weight is 368 g/mol. The van der Waals surface area contributed by atoms with Crippen LogP contribution in [0.2, 0.25) is 0 Å². The Kier molecular flexibility index (Phi) is 4.26. The summed E-state index contributed by atoms with van der Waals surface area (Å²) in [5.74, 6) is -2.28. The third kappa shape index (κ3) is 3.01. The number of amides is 1. The van der Waals surface area contributed by atoms with E-state index in [0.717, 1.165) is 30.9 Å². The van der Waals surface area contributed by atoms with Gasteiger partial charge < -0.3 is 10.3 Å². The van der Waals surface area contributed by atoms with Gasteiger partial charge >= 0.3 is 0 Å². The molecule has 27 heavy (non-hydrogen) atoms. The van der Waals surface area contributed by atoms with Crippen molar-refractivity contribution in [2.45, 2.75) is 32.2 Å². The van der Waals surface area contributed by atoms with Crippen molar-refractivity contribution in [3.05, 3.63) is 80.6 Å². The van der Waals surface area contributed by atoms with Gasteiger partial charge in [0.25, 0.3) is 5.91 Å². The van der Waals surface area contributed by atoms with E-state index in [-0.39, 0.29) is 22.5 Å². The summed E-state index contributed by atoms with van der Waals surface area (Å²) >= 11 is 0. The molecular weight excluding hydrogens is 350 g/mol. The molecule has 0 saturated heterocycles. The summed E-state index contributed by atoms with van der Waals surface area (Å²) in [5.41, 5.74) is 2.50. The van der Waals surface area contributed by atoms with Crippen molar-refractivity contribution in [2.75, 3.05) is 0 Å². The summed E-state index contributed by atoms with van der Waals surface area (Å²) < 4.78 is 27.3. The van der Waals surface area contributed by atoms with Crippen LogP contribution in [0.1, 0.15) is 45.9 Å². The zero-order valence-corrected chi connectivity index (χ0v) is 14.7. The number of pyridine rings is 1. The predicted molar refractivity (Wildman–Crippen MR) is 98.8 cm³/mol. The Balaban J connectivity index is 1.70. The van der Waals surface area contributed by atoms with Gasteiger partial charge in [0.15, 0.2) is 0 Å². The number of benzene rings is 2. The molecule has 0 aliphatic heterocycles. The molecule has 0 saturated carbocycles. The van der Waals surface area contributed by atoms with E-state index in [2.05, 4.69) is 10.3 Å². The molecule has 1 aliphatic carbocycles. The number of nitrogens with one attached hydrogen (secondary N) is 2. The van der Waals surface area contributed by atoms with Gasteiger partial charge in [0.05, 0.1) is 16.9 Å². The molecule has 4 nitrogen and oxygen atoms in total. The number of fused-ring (bicyclic) bond motifs is 2. The highest BCUT2D eigenvalue weighted by molar-refractivity contribution is 5.97.